The first kappa shape index (κ1) is 41.6. The Morgan fingerprint density at radius 2 is 1.71 bits per heavy atom. The normalized spacial score (nSPS) is 19.5. The lowest BCUT2D eigenvalue weighted by Gasteiger charge is -2.42. The maximum Gasteiger partial charge on any atom is 0.243 e. The number of phenols is 1. The average Bonchev–Trinajstić information content (AvgIpc) is 4.07. The molecule has 0 spiro atoms. The molecule has 14 nitrogen and oxygen atoms in total. The van der Waals surface area contributed by atoms with Crippen molar-refractivity contribution >= 4 is 56.4 Å². The molecule has 3 N–H and O–H groups in total. The number of anilines is 1. The standard InChI is InChI=1S/C46H50N8O6S2/c1-25(2)41(46(59)54-23-33(55)19-36(54)43(57)48-26(3)28-9-11-29(12-10-28)42-27(4)47-24-61-42)38-20-40(51-60-38)52-15-13-30(14-16-52)45(58)53-21-32(22-53)39-18-31-17-35(49-50-44(31)62-39)34-7-5-6-8-37(34)56/h5-12,17-18,20,24-26,30,32-33,36,41,55-56H,13-16,19,21-23H2,1-4H3,(H,48,57)/t26?,33-,36+,41?/m1/s1. The summed E-state index contributed by atoms with van der Waals surface area (Å²) in [5.74, 6) is 0.0609. The van der Waals surface area contributed by atoms with Crippen LogP contribution in [0.2, 0.25) is 0 Å². The van der Waals surface area contributed by atoms with E-state index in [9.17, 15) is 24.6 Å². The van der Waals surface area contributed by atoms with Crippen LogP contribution in [0.4, 0.5) is 5.82 Å². The van der Waals surface area contributed by atoms with E-state index in [0.717, 1.165) is 31.9 Å². The Hall–Kier alpha value is -5.71. The van der Waals surface area contributed by atoms with Crippen molar-refractivity contribution in [1.29, 1.82) is 0 Å². The van der Waals surface area contributed by atoms with E-state index >= 15 is 0 Å². The van der Waals surface area contributed by atoms with Crippen molar-refractivity contribution in [3.8, 4) is 27.4 Å². The lowest BCUT2D eigenvalue weighted by Crippen LogP contribution is -2.52. The van der Waals surface area contributed by atoms with Gasteiger partial charge in [-0.15, -0.1) is 32.9 Å². The lowest BCUT2D eigenvalue weighted by molar-refractivity contribution is -0.141. The van der Waals surface area contributed by atoms with E-state index in [0.29, 0.717) is 61.9 Å². The number of phenolic OH excluding ortho intramolecular Hbond substituents is 1. The predicted molar refractivity (Wildman–Crippen MR) is 238 cm³/mol. The molecule has 322 valence electrons. The van der Waals surface area contributed by atoms with Crippen molar-refractivity contribution in [2.75, 3.05) is 37.6 Å². The number of amides is 3. The molecular formula is C46H50N8O6S2. The van der Waals surface area contributed by atoms with Gasteiger partial charge in [-0.2, -0.15) is 0 Å². The van der Waals surface area contributed by atoms with E-state index in [4.69, 9.17) is 4.52 Å². The van der Waals surface area contributed by atoms with E-state index in [1.807, 2.05) is 86.6 Å². The van der Waals surface area contributed by atoms with E-state index in [-0.39, 0.29) is 60.2 Å². The number of likely N-dealkylation sites (tertiary alicyclic amines) is 2. The number of β-amino-alcohol motifs (C(OH)–C–C–N with tert-alkyl or cyclic N) is 1. The van der Waals surface area contributed by atoms with Gasteiger partial charge in [-0.1, -0.05) is 55.4 Å². The number of nitrogens with one attached hydrogen (secondary N) is 1. The second-order valence-corrected chi connectivity index (χ2v) is 19.1. The summed E-state index contributed by atoms with van der Waals surface area (Å²) in [6.07, 6.45) is 0.681. The predicted octanol–water partition coefficient (Wildman–Crippen LogP) is 6.91. The molecule has 2 unspecified atom stereocenters. The van der Waals surface area contributed by atoms with Crippen LogP contribution >= 0.6 is 22.7 Å². The number of thiazole rings is 1. The molecule has 6 aromatic rings. The third-order valence-corrected chi connectivity index (χ3v) is 14.8. The quantitative estimate of drug-likeness (QED) is 0.123. The Morgan fingerprint density at radius 3 is 2.42 bits per heavy atom. The highest BCUT2D eigenvalue weighted by Gasteiger charge is 2.44. The van der Waals surface area contributed by atoms with Gasteiger partial charge >= 0.3 is 0 Å². The zero-order valence-electron chi connectivity index (χ0n) is 35.1. The summed E-state index contributed by atoms with van der Waals surface area (Å²) in [6.45, 7) is 10.4. The summed E-state index contributed by atoms with van der Waals surface area (Å²) < 4.78 is 5.86. The topological polar surface area (TPSA) is 178 Å². The third-order valence-electron chi connectivity index (χ3n) is 12.6. The van der Waals surface area contributed by atoms with Gasteiger partial charge in [0.2, 0.25) is 17.7 Å². The number of aliphatic hydroxyl groups is 1. The van der Waals surface area contributed by atoms with Gasteiger partial charge < -0.3 is 34.8 Å². The van der Waals surface area contributed by atoms with Crippen molar-refractivity contribution in [3.05, 3.63) is 94.1 Å². The number of aliphatic hydroxyl groups excluding tert-OH is 1. The molecular weight excluding hydrogens is 825 g/mol. The molecule has 0 bridgehead atoms. The smallest absolute Gasteiger partial charge is 0.243 e. The number of nitrogens with zero attached hydrogens (tertiary/aromatic N) is 7. The summed E-state index contributed by atoms with van der Waals surface area (Å²) in [5, 5.41) is 38.2. The van der Waals surface area contributed by atoms with E-state index in [1.54, 1.807) is 34.8 Å². The number of aryl methyl sites for hydroxylation is 1. The zero-order chi connectivity index (χ0) is 43.2. The van der Waals surface area contributed by atoms with Crippen molar-refractivity contribution in [2.45, 2.75) is 77.0 Å². The molecule has 0 radical (unpaired) electrons. The Labute approximate surface area is 367 Å². The molecule has 4 aromatic heterocycles. The molecule has 3 amide bonds. The maximum absolute atomic E-state index is 14.3. The third kappa shape index (κ3) is 8.18. The van der Waals surface area contributed by atoms with E-state index in [2.05, 4.69) is 36.6 Å². The average molecular weight is 875 g/mol. The monoisotopic (exact) mass is 874 g/mol. The molecule has 0 saturated carbocycles. The van der Waals surface area contributed by atoms with Gasteiger partial charge in [0, 0.05) is 72.9 Å². The molecule has 0 aliphatic carbocycles. The van der Waals surface area contributed by atoms with Gasteiger partial charge in [0.15, 0.2) is 11.6 Å². The number of aromatic hydroxyl groups is 1. The van der Waals surface area contributed by atoms with Crippen molar-refractivity contribution in [2.24, 2.45) is 11.8 Å². The van der Waals surface area contributed by atoms with Gasteiger partial charge in [0.25, 0.3) is 0 Å². The summed E-state index contributed by atoms with van der Waals surface area (Å²) in [6, 6.07) is 19.9. The molecule has 9 rings (SSSR count). The van der Waals surface area contributed by atoms with Crippen LogP contribution < -0.4 is 10.2 Å². The first-order chi connectivity index (χ1) is 29.9. The van der Waals surface area contributed by atoms with Crippen LogP contribution in [0.1, 0.15) is 79.8 Å². The van der Waals surface area contributed by atoms with Gasteiger partial charge in [0.1, 0.15) is 22.5 Å². The number of fused-ring (bicyclic) bond motifs is 1. The number of aromatic nitrogens is 4. The number of benzene rings is 2. The van der Waals surface area contributed by atoms with E-state index in [1.165, 1.54) is 9.78 Å². The number of piperidine rings is 1. The number of rotatable bonds is 11. The largest absolute Gasteiger partial charge is 0.507 e. The van der Waals surface area contributed by atoms with Crippen LogP contribution in [0.25, 0.3) is 31.9 Å². The van der Waals surface area contributed by atoms with Gasteiger partial charge in [-0.3, -0.25) is 14.4 Å². The number of hydrogen-bond donors (Lipinski definition) is 3. The molecule has 4 atom stereocenters. The minimum absolute atomic E-state index is 0.0538. The first-order valence-corrected chi connectivity index (χ1v) is 23.0. The van der Waals surface area contributed by atoms with Gasteiger partial charge in [0.05, 0.1) is 33.9 Å². The second-order valence-electron chi connectivity index (χ2n) is 17.2. The molecule has 7 heterocycles. The van der Waals surface area contributed by atoms with Gasteiger partial charge in [-0.25, -0.2) is 4.98 Å². The van der Waals surface area contributed by atoms with E-state index < -0.39 is 18.1 Å². The first-order valence-electron chi connectivity index (χ1n) is 21.3. The number of para-hydroxylation sites is 1. The molecule has 3 fully saturated rings. The van der Waals surface area contributed by atoms with Crippen molar-refractivity contribution in [3.63, 3.8) is 0 Å². The minimum atomic E-state index is -0.829. The molecule has 3 aliphatic heterocycles. The Kier molecular flexibility index (Phi) is 11.6. The minimum Gasteiger partial charge on any atom is -0.507 e. The summed E-state index contributed by atoms with van der Waals surface area (Å²) in [7, 11) is 0. The van der Waals surface area contributed by atoms with Crippen LogP contribution in [0, 0.1) is 18.8 Å². The van der Waals surface area contributed by atoms with Crippen LogP contribution in [-0.2, 0) is 14.4 Å². The lowest BCUT2D eigenvalue weighted by atomic mass is 9.90. The highest BCUT2D eigenvalue weighted by Crippen LogP contribution is 2.39. The zero-order valence-corrected chi connectivity index (χ0v) is 36.7. The molecule has 3 aliphatic rings. The van der Waals surface area contributed by atoms with Crippen LogP contribution in [0.3, 0.4) is 0 Å². The highest BCUT2D eigenvalue weighted by molar-refractivity contribution is 7.18. The Morgan fingerprint density at radius 1 is 0.952 bits per heavy atom. The summed E-state index contributed by atoms with van der Waals surface area (Å²) in [5.41, 5.74) is 6.07. The fourth-order valence-electron chi connectivity index (χ4n) is 9.04. The Balaban J connectivity index is 0.784. The fourth-order valence-corrected chi connectivity index (χ4v) is 10.9. The van der Waals surface area contributed by atoms with Crippen LogP contribution in [-0.4, -0.2) is 103 Å². The molecule has 3 saturated heterocycles. The van der Waals surface area contributed by atoms with Crippen LogP contribution in [0.15, 0.2) is 76.8 Å². The molecule has 62 heavy (non-hydrogen) atoms. The SMILES string of the molecule is Cc1ncsc1-c1ccc(C(C)NC(=O)[C@@H]2C[C@@H](O)CN2C(=O)C(c2cc(N3CCC(C(=O)N4CC(c5cc6cc(-c7ccccc7O)nnc6s5)C4)CC3)no2)C(C)C)cc1. The number of carbonyl (C=O) groups is 3. The summed E-state index contributed by atoms with van der Waals surface area (Å²) >= 11 is 3.19. The fraction of sp³-hybridized carbons (Fsp3) is 0.413. The number of thiophene rings is 1. The Bertz CT molecular complexity index is 2590. The van der Waals surface area contributed by atoms with Crippen molar-refractivity contribution < 1.29 is 29.1 Å². The van der Waals surface area contributed by atoms with Crippen LogP contribution in [0.5, 0.6) is 5.75 Å². The highest BCUT2D eigenvalue weighted by atomic mass is 32.1. The second kappa shape index (κ2) is 17.2. The molecule has 16 heteroatoms. The maximum atomic E-state index is 14.3. The van der Waals surface area contributed by atoms with Crippen molar-refractivity contribution in [1.82, 2.24) is 35.5 Å². The number of hydrogen-bond acceptors (Lipinski definition) is 13. The summed E-state index contributed by atoms with van der Waals surface area (Å²) in [4.78, 5) is 54.7. The molecule has 2 aromatic carbocycles. The van der Waals surface area contributed by atoms with Gasteiger partial charge in [-0.05, 0) is 68.0 Å². The number of carbonyl (C=O) groups excluding carboxylic acids is 3.